The van der Waals surface area contributed by atoms with Crippen LogP contribution in [-0.4, -0.2) is 24.7 Å². The molecule has 158 valence electrons. The SMILES string of the molecule is COc1cccc(-c2nc(COC(=O)COc3ccc4c(C)cc(=O)oc4c3)cs2)c1. The van der Waals surface area contributed by atoms with Crippen molar-refractivity contribution in [3.8, 4) is 22.1 Å². The second-order valence-corrected chi connectivity index (χ2v) is 7.59. The van der Waals surface area contributed by atoms with E-state index in [-0.39, 0.29) is 13.2 Å². The first-order chi connectivity index (χ1) is 15.0. The van der Waals surface area contributed by atoms with Crippen LogP contribution in [0.15, 0.2) is 63.1 Å². The van der Waals surface area contributed by atoms with Crippen molar-refractivity contribution in [2.24, 2.45) is 0 Å². The van der Waals surface area contributed by atoms with Crippen LogP contribution in [0.5, 0.6) is 11.5 Å². The lowest BCUT2D eigenvalue weighted by Gasteiger charge is -2.07. The number of hydrogen-bond donors (Lipinski definition) is 0. The number of carbonyl (C=O) groups excluding carboxylic acids is 1. The summed E-state index contributed by atoms with van der Waals surface area (Å²) in [5.41, 5.74) is 2.37. The van der Waals surface area contributed by atoms with Crippen LogP contribution in [0, 0.1) is 6.92 Å². The number of aromatic nitrogens is 1. The average Bonchev–Trinajstić information content (AvgIpc) is 3.25. The Labute approximate surface area is 181 Å². The van der Waals surface area contributed by atoms with Crippen molar-refractivity contribution in [3.63, 3.8) is 0 Å². The molecule has 0 radical (unpaired) electrons. The van der Waals surface area contributed by atoms with E-state index in [0.29, 0.717) is 17.0 Å². The molecule has 0 aliphatic rings. The van der Waals surface area contributed by atoms with Gasteiger partial charge in [-0.15, -0.1) is 11.3 Å². The molecule has 0 saturated heterocycles. The first-order valence-corrected chi connectivity index (χ1v) is 10.3. The van der Waals surface area contributed by atoms with Gasteiger partial charge in [-0.3, -0.25) is 0 Å². The van der Waals surface area contributed by atoms with Crippen LogP contribution in [0.2, 0.25) is 0 Å². The number of methoxy groups -OCH3 is 1. The normalized spacial score (nSPS) is 10.8. The molecule has 4 rings (SSSR count). The predicted octanol–water partition coefficient (Wildman–Crippen LogP) is 4.36. The number of esters is 1. The minimum Gasteiger partial charge on any atom is -0.497 e. The van der Waals surface area contributed by atoms with Gasteiger partial charge in [0, 0.05) is 28.5 Å². The minimum atomic E-state index is -0.526. The van der Waals surface area contributed by atoms with Crippen molar-refractivity contribution < 1.29 is 23.4 Å². The van der Waals surface area contributed by atoms with Crippen LogP contribution in [0.3, 0.4) is 0 Å². The van der Waals surface area contributed by atoms with Crippen molar-refractivity contribution in [1.29, 1.82) is 0 Å². The topological polar surface area (TPSA) is 87.9 Å². The van der Waals surface area contributed by atoms with E-state index in [0.717, 1.165) is 27.3 Å². The fourth-order valence-corrected chi connectivity index (χ4v) is 3.80. The highest BCUT2D eigenvalue weighted by atomic mass is 32.1. The van der Waals surface area contributed by atoms with Gasteiger partial charge < -0.3 is 18.6 Å². The number of carbonyl (C=O) groups is 1. The van der Waals surface area contributed by atoms with Crippen LogP contribution in [0.4, 0.5) is 0 Å². The molecule has 0 aliphatic heterocycles. The maximum atomic E-state index is 12.1. The van der Waals surface area contributed by atoms with E-state index in [9.17, 15) is 9.59 Å². The smallest absolute Gasteiger partial charge is 0.344 e. The summed E-state index contributed by atoms with van der Waals surface area (Å²) in [7, 11) is 1.61. The maximum absolute atomic E-state index is 12.1. The second kappa shape index (κ2) is 9.01. The molecular weight excluding hydrogens is 418 g/mol. The molecule has 7 nitrogen and oxygen atoms in total. The lowest BCUT2D eigenvalue weighted by atomic mass is 10.1. The molecule has 0 unspecified atom stereocenters. The van der Waals surface area contributed by atoms with Gasteiger partial charge in [-0.25, -0.2) is 14.6 Å². The Morgan fingerprint density at radius 1 is 1.13 bits per heavy atom. The molecule has 8 heteroatoms. The van der Waals surface area contributed by atoms with Gasteiger partial charge in [0.05, 0.1) is 12.8 Å². The molecule has 0 spiro atoms. The molecule has 0 N–H and O–H groups in total. The lowest BCUT2D eigenvalue weighted by molar-refractivity contribution is -0.147. The maximum Gasteiger partial charge on any atom is 0.344 e. The van der Waals surface area contributed by atoms with Crippen molar-refractivity contribution in [1.82, 2.24) is 4.98 Å². The number of nitrogens with zero attached hydrogens (tertiary/aromatic N) is 1. The Bertz CT molecular complexity index is 1290. The summed E-state index contributed by atoms with van der Waals surface area (Å²) >= 11 is 1.46. The van der Waals surface area contributed by atoms with Gasteiger partial charge in [-0.2, -0.15) is 0 Å². The fourth-order valence-electron chi connectivity index (χ4n) is 3.00. The summed E-state index contributed by atoms with van der Waals surface area (Å²) in [6.45, 7) is 1.61. The summed E-state index contributed by atoms with van der Waals surface area (Å²) in [4.78, 5) is 28.1. The first-order valence-electron chi connectivity index (χ1n) is 9.43. The molecule has 0 bridgehead atoms. The van der Waals surface area contributed by atoms with Crippen LogP contribution >= 0.6 is 11.3 Å². The van der Waals surface area contributed by atoms with Crippen LogP contribution in [0.25, 0.3) is 21.5 Å². The first kappa shape index (κ1) is 20.6. The molecule has 2 aromatic heterocycles. The van der Waals surface area contributed by atoms with Gasteiger partial charge in [0.2, 0.25) is 0 Å². The average molecular weight is 437 g/mol. The number of fused-ring (bicyclic) bond motifs is 1. The summed E-state index contributed by atoms with van der Waals surface area (Å²) in [6, 6.07) is 14.1. The van der Waals surface area contributed by atoms with E-state index in [1.807, 2.05) is 36.6 Å². The zero-order valence-corrected chi connectivity index (χ0v) is 17.7. The van der Waals surface area contributed by atoms with E-state index in [2.05, 4.69) is 4.98 Å². The highest BCUT2D eigenvalue weighted by Crippen LogP contribution is 2.27. The number of thiazole rings is 1. The summed E-state index contributed by atoms with van der Waals surface area (Å²) in [6.07, 6.45) is 0. The lowest BCUT2D eigenvalue weighted by Crippen LogP contribution is -2.14. The Hall–Kier alpha value is -3.65. The van der Waals surface area contributed by atoms with Gasteiger partial charge >= 0.3 is 11.6 Å². The van der Waals surface area contributed by atoms with Crippen molar-refractivity contribution in [2.75, 3.05) is 13.7 Å². The largest absolute Gasteiger partial charge is 0.497 e. The Balaban J connectivity index is 1.33. The second-order valence-electron chi connectivity index (χ2n) is 6.73. The Kier molecular flexibility index (Phi) is 5.99. The molecule has 4 aromatic rings. The number of rotatable bonds is 7. The standard InChI is InChI=1S/C23H19NO6S/c1-14-8-21(25)30-20-10-18(6-7-19(14)20)28-12-22(26)29-11-16-13-31-23(24-16)15-4-3-5-17(9-15)27-2/h3-10,13H,11-12H2,1-2H3. The molecule has 31 heavy (non-hydrogen) atoms. The fraction of sp³-hybridized carbons (Fsp3) is 0.174. The molecule has 0 saturated carbocycles. The summed E-state index contributed by atoms with van der Waals surface area (Å²) in [5, 5.41) is 3.47. The number of ether oxygens (including phenoxy) is 3. The number of benzene rings is 2. The third kappa shape index (κ3) is 4.92. The summed E-state index contributed by atoms with van der Waals surface area (Å²) in [5.74, 6) is 0.634. The number of aryl methyl sites for hydroxylation is 1. The molecule has 2 aromatic carbocycles. The molecule has 0 aliphatic carbocycles. The molecule has 0 atom stereocenters. The quantitative estimate of drug-likeness (QED) is 0.314. The minimum absolute atomic E-state index is 0.0501. The zero-order valence-electron chi connectivity index (χ0n) is 16.9. The van der Waals surface area contributed by atoms with E-state index < -0.39 is 11.6 Å². The van der Waals surface area contributed by atoms with Gasteiger partial charge in [0.25, 0.3) is 0 Å². The number of hydrogen-bond acceptors (Lipinski definition) is 8. The Morgan fingerprint density at radius 3 is 2.84 bits per heavy atom. The molecule has 2 heterocycles. The highest BCUT2D eigenvalue weighted by Gasteiger charge is 2.10. The van der Waals surface area contributed by atoms with Crippen molar-refractivity contribution >= 4 is 28.3 Å². The van der Waals surface area contributed by atoms with Crippen LogP contribution in [0.1, 0.15) is 11.3 Å². The summed E-state index contributed by atoms with van der Waals surface area (Å²) < 4.78 is 21.1. The highest BCUT2D eigenvalue weighted by molar-refractivity contribution is 7.13. The van der Waals surface area contributed by atoms with Crippen LogP contribution in [-0.2, 0) is 16.1 Å². The van der Waals surface area contributed by atoms with Gasteiger partial charge in [-0.1, -0.05) is 12.1 Å². The van der Waals surface area contributed by atoms with Crippen molar-refractivity contribution in [2.45, 2.75) is 13.5 Å². The van der Waals surface area contributed by atoms with Gasteiger partial charge in [0.1, 0.15) is 28.7 Å². The van der Waals surface area contributed by atoms with E-state index in [4.69, 9.17) is 18.6 Å². The van der Waals surface area contributed by atoms with E-state index in [1.54, 1.807) is 25.3 Å². The van der Waals surface area contributed by atoms with Crippen LogP contribution < -0.4 is 15.1 Å². The predicted molar refractivity (Wildman–Crippen MR) is 117 cm³/mol. The third-order valence-electron chi connectivity index (χ3n) is 4.53. The van der Waals surface area contributed by atoms with E-state index >= 15 is 0 Å². The Morgan fingerprint density at radius 2 is 2.00 bits per heavy atom. The zero-order chi connectivity index (χ0) is 21.8. The van der Waals surface area contributed by atoms with Gasteiger partial charge in [0.15, 0.2) is 6.61 Å². The third-order valence-corrected chi connectivity index (χ3v) is 5.47. The molecular formula is C23H19NO6S. The molecule has 0 fully saturated rings. The van der Waals surface area contributed by atoms with Crippen molar-refractivity contribution in [3.05, 3.63) is 75.6 Å². The monoisotopic (exact) mass is 437 g/mol. The molecule has 0 amide bonds. The van der Waals surface area contributed by atoms with Gasteiger partial charge in [-0.05, 0) is 36.8 Å². The van der Waals surface area contributed by atoms with E-state index in [1.165, 1.54) is 17.4 Å².